The van der Waals surface area contributed by atoms with E-state index in [9.17, 15) is 4.79 Å². The molecule has 0 amide bonds. The Hall–Kier alpha value is -2.00. The number of Topliss-reactive ketones (excluding diaryl/α,β-unsaturated/α-hetero) is 1. The van der Waals surface area contributed by atoms with Crippen molar-refractivity contribution in [3.63, 3.8) is 0 Å². The molecule has 2 aromatic carbocycles. The maximum atomic E-state index is 11.4. The fraction of sp³-hybridized carbons (Fsp3) is 0.188. The first-order valence-electron chi connectivity index (χ1n) is 6.16. The smallest absolute Gasteiger partial charge is 0.159 e. The molecule has 0 saturated heterocycles. The van der Waals surface area contributed by atoms with Crippen LogP contribution in [0.2, 0.25) is 5.02 Å². The van der Waals surface area contributed by atoms with Gasteiger partial charge in [-0.2, -0.15) is 0 Å². The monoisotopic (exact) mass is 290 g/mol. The zero-order valence-corrected chi connectivity index (χ0v) is 12.1. The number of carbonyl (C=O) groups is 1. The van der Waals surface area contributed by atoms with E-state index in [4.69, 9.17) is 21.1 Å². The lowest BCUT2D eigenvalue weighted by Crippen LogP contribution is -2.01. The van der Waals surface area contributed by atoms with E-state index >= 15 is 0 Å². The summed E-state index contributed by atoms with van der Waals surface area (Å²) in [5, 5.41) is 0.618. The number of ketones is 1. The van der Waals surface area contributed by atoms with E-state index in [2.05, 4.69) is 0 Å². The van der Waals surface area contributed by atoms with E-state index in [-0.39, 0.29) is 5.78 Å². The van der Waals surface area contributed by atoms with Gasteiger partial charge in [-0.05, 0) is 43.3 Å². The van der Waals surface area contributed by atoms with E-state index in [0.717, 1.165) is 5.56 Å². The van der Waals surface area contributed by atoms with E-state index < -0.39 is 0 Å². The van der Waals surface area contributed by atoms with Gasteiger partial charge in [-0.1, -0.05) is 17.7 Å². The molecule has 0 aliphatic heterocycles. The second-order valence-corrected chi connectivity index (χ2v) is 4.77. The van der Waals surface area contributed by atoms with Gasteiger partial charge in [0.05, 0.1) is 7.11 Å². The summed E-state index contributed by atoms with van der Waals surface area (Å²) in [5.74, 6) is 1.38. The Morgan fingerprint density at radius 1 is 1.20 bits per heavy atom. The summed E-state index contributed by atoms with van der Waals surface area (Å²) >= 11 is 5.90. The molecule has 0 bridgehead atoms. The molecule has 2 rings (SSSR count). The van der Waals surface area contributed by atoms with E-state index in [0.29, 0.717) is 28.7 Å². The third-order valence-corrected chi connectivity index (χ3v) is 3.11. The van der Waals surface area contributed by atoms with Gasteiger partial charge in [0.2, 0.25) is 0 Å². The van der Waals surface area contributed by atoms with Gasteiger partial charge in [0.1, 0.15) is 18.1 Å². The highest BCUT2D eigenvalue weighted by Crippen LogP contribution is 2.23. The van der Waals surface area contributed by atoms with Gasteiger partial charge in [0.25, 0.3) is 0 Å². The Morgan fingerprint density at radius 3 is 2.65 bits per heavy atom. The molecule has 0 aliphatic rings. The molecule has 0 heterocycles. The second kappa shape index (κ2) is 6.44. The predicted molar refractivity (Wildman–Crippen MR) is 78.8 cm³/mol. The van der Waals surface area contributed by atoms with Crippen molar-refractivity contribution >= 4 is 17.4 Å². The molecular weight excluding hydrogens is 276 g/mol. The van der Waals surface area contributed by atoms with Gasteiger partial charge in [0.15, 0.2) is 5.78 Å². The van der Waals surface area contributed by atoms with Crippen LogP contribution in [0.1, 0.15) is 22.8 Å². The Labute approximate surface area is 123 Å². The number of rotatable bonds is 5. The molecule has 0 N–H and O–H groups in total. The summed E-state index contributed by atoms with van der Waals surface area (Å²) in [6.07, 6.45) is 0. The molecule has 0 aromatic heterocycles. The van der Waals surface area contributed by atoms with Gasteiger partial charge >= 0.3 is 0 Å². The van der Waals surface area contributed by atoms with Crippen LogP contribution >= 0.6 is 11.6 Å². The molecular formula is C16H15ClO3. The van der Waals surface area contributed by atoms with E-state index in [1.54, 1.807) is 37.4 Å². The predicted octanol–water partition coefficient (Wildman–Crippen LogP) is 4.13. The first-order valence-corrected chi connectivity index (χ1v) is 6.54. The number of carbonyl (C=O) groups excluding carboxylic acids is 1. The van der Waals surface area contributed by atoms with Gasteiger partial charge in [-0.25, -0.2) is 0 Å². The summed E-state index contributed by atoms with van der Waals surface area (Å²) in [7, 11) is 1.59. The first-order chi connectivity index (χ1) is 9.60. The highest BCUT2D eigenvalue weighted by molar-refractivity contribution is 6.30. The number of benzene rings is 2. The zero-order valence-electron chi connectivity index (χ0n) is 11.4. The van der Waals surface area contributed by atoms with Crippen molar-refractivity contribution < 1.29 is 14.3 Å². The Balaban J connectivity index is 2.19. The van der Waals surface area contributed by atoms with Crippen molar-refractivity contribution in [2.75, 3.05) is 7.11 Å². The molecule has 0 aliphatic carbocycles. The minimum Gasteiger partial charge on any atom is -0.496 e. The van der Waals surface area contributed by atoms with Gasteiger partial charge in [0, 0.05) is 16.1 Å². The van der Waals surface area contributed by atoms with Crippen LogP contribution in [-0.4, -0.2) is 12.9 Å². The molecule has 0 unspecified atom stereocenters. The fourth-order valence-corrected chi connectivity index (χ4v) is 2.01. The number of hydrogen-bond acceptors (Lipinski definition) is 3. The summed E-state index contributed by atoms with van der Waals surface area (Å²) in [6.45, 7) is 1.84. The van der Waals surface area contributed by atoms with Gasteiger partial charge in [-0.3, -0.25) is 4.79 Å². The molecule has 2 aromatic rings. The van der Waals surface area contributed by atoms with E-state index in [1.165, 1.54) is 6.92 Å². The Kier molecular flexibility index (Phi) is 4.64. The standard InChI is InChI=1S/C16H15ClO3/c1-11(18)12-6-7-16(19-2)13(8-12)10-20-15-5-3-4-14(17)9-15/h3-9H,10H2,1-2H3. The molecule has 0 fully saturated rings. The fourth-order valence-electron chi connectivity index (χ4n) is 1.83. The molecule has 104 valence electrons. The normalized spacial score (nSPS) is 10.2. The third kappa shape index (κ3) is 3.52. The van der Waals surface area contributed by atoms with Gasteiger partial charge < -0.3 is 9.47 Å². The van der Waals surface area contributed by atoms with Crippen LogP contribution in [0.3, 0.4) is 0 Å². The SMILES string of the molecule is COc1ccc(C(C)=O)cc1COc1cccc(Cl)c1. The summed E-state index contributed by atoms with van der Waals surface area (Å²) in [4.78, 5) is 11.4. The minimum atomic E-state index is 0.0108. The summed E-state index contributed by atoms with van der Waals surface area (Å²) < 4.78 is 10.9. The molecule has 4 heteroatoms. The van der Waals surface area contributed by atoms with Crippen LogP contribution < -0.4 is 9.47 Å². The highest BCUT2D eigenvalue weighted by Gasteiger charge is 2.08. The second-order valence-electron chi connectivity index (χ2n) is 4.33. The van der Waals surface area contributed by atoms with Crippen LogP contribution in [0.4, 0.5) is 0 Å². The number of halogens is 1. The van der Waals surface area contributed by atoms with Crippen molar-refractivity contribution in [2.24, 2.45) is 0 Å². The average Bonchev–Trinajstić information content (AvgIpc) is 2.44. The van der Waals surface area contributed by atoms with Crippen LogP contribution in [0.5, 0.6) is 11.5 Å². The lowest BCUT2D eigenvalue weighted by molar-refractivity contribution is 0.101. The quantitative estimate of drug-likeness (QED) is 0.777. The lowest BCUT2D eigenvalue weighted by Gasteiger charge is -2.11. The van der Waals surface area contributed by atoms with Crippen molar-refractivity contribution in [1.82, 2.24) is 0 Å². The van der Waals surface area contributed by atoms with Crippen LogP contribution in [0.15, 0.2) is 42.5 Å². The molecule has 0 radical (unpaired) electrons. The third-order valence-electron chi connectivity index (χ3n) is 2.88. The van der Waals surface area contributed by atoms with E-state index in [1.807, 2.05) is 12.1 Å². The molecule has 0 atom stereocenters. The van der Waals surface area contributed by atoms with Crippen molar-refractivity contribution in [3.05, 3.63) is 58.6 Å². The highest BCUT2D eigenvalue weighted by atomic mass is 35.5. The number of methoxy groups -OCH3 is 1. The largest absolute Gasteiger partial charge is 0.496 e. The Bertz CT molecular complexity index is 623. The van der Waals surface area contributed by atoms with Gasteiger partial charge in [-0.15, -0.1) is 0 Å². The average molecular weight is 291 g/mol. The van der Waals surface area contributed by atoms with Crippen molar-refractivity contribution in [2.45, 2.75) is 13.5 Å². The number of hydrogen-bond donors (Lipinski definition) is 0. The molecule has 0 spiro atoms. The minimum absolute atomic E-state index is 0.0108. The summed E-state index contributed by atoms with van der Waals surface area (Å²) in [6, 6.07) is 12.5. The van der Waals surface area contributed by atoms with Crippen LogP contribution in [-0.2, 0) is 6.61 Å². The Morgan fingerprint density at radius 2 is 2.00 bits per heavy atom. The topological polar surface area (TPSA) is 35.5 Å². The molecule has 0 saturated carbocycles. The molecule has 20 heavy (non-hydrogen) atoms. The van der Waals surface area contributed by atoms with Crippen LogP contribution in [0.25, 0.3) is 0 Å². The maximum Gasteiger partial charge on any atom is 0.159 e. The van der Waals surface area contributed by atoms with Crippen LogP contribution in [0, 0.1) is 0 Å². The lowest BCUT2D eigenvalue weighted by atomic mass is 10.1. The first kappa shape index (κ1) is 14.4. The number of ether oxygens (including phenoxy) is 2. The maximum absolute atomic E-state index is 11.4. The van der Waals surface area contributed by atoms with Crippen molar-refractivity contribution in [1.29, 1.82) is 0 Å². The zero-order chi connectivity index (χ0) is 14.5. The molecule has 3 nitrogen and oxygen atoms in total. The van der Waals surface area contributed by atoms with Crippen molar-refractivity contribution in [3.8, 4) is 11.5 Å². The summed E-state index contributed by atoms with van der Waals surface area (Å²) in [5.41, 5.74) is 1.45.